The topological polar surface area (TPSA) is 17.0 Å². The lowest BCUT2D eigenvalue weighted by atomic mass is 10.1. The Morgan fingerprint density at radius 3 is 2.16 bits per heavy atom. The maximum Gasteiger partial charge on any atom is 0.416 e. The Balaban J connectivity index is 1.86. The maximum atomic E-state index is 12.4. The number of hydrogen-bond acceptors (Lipinski definition) is 1. The summed E-state index contributed by atoms with van der Waals surface area (Å²) in [5.74, 6) is 0. The van der Waals surface area contributed by atoms with Gasteiger partial charge in [-0.2, -0.15) is 13.2 Å². The molecule has 0 unspecified atom stereocenters. The third-order valence-corrected chi connectivity index (χ3v) is 2.83. The van der Waals surface area contributed by atoms with Crippen molar-refractivity contribution in [1.29, 1.82) is 0 Å². The lowest BCUT2D eigenvalue weighted by molar-refractivity contribution is -0.137. The van der Waals surface area contributed by atoms with Crippen LogP contribution in [-0.4, -0.2) is 4.57 Å². The van der Waals surface area contributed by atoms with Crippen molar-refractivity contribution in [3.63, 3.8) is 0 Å². The van der Waals surface area contributed by atoms with Gasteiger partial charge in [0.05, 0.1) is 5.56 Å². The zero-order chi connectivity index (χ0) is 13.9. The van der Waals surface area contributed by atoms with Gasteiger partial charge in [0, 0.05) is 32.5 Å². The summed E-state index contributed by atoms with van der Waals surface area (Å²) in [5, 5.41) is 3.19. The number of alkyl halides is 3. The van der Waals surface area contributed by atoms with Gasteiger partial charge in [-0.15, -0.1) is 0 Å². The summed E-state index contributed by atoms with van der Waals surface area (Å²) in [6.07, 6.45) is -0.315. The van der Waals surface area contributed by atoms with E-state index in [9.17, 15) is 13.2 Å². The van der Waals surface area contributed by atoms with Crippen LogP contribution in [0.3, 0.4) is 0 Å². The van der Waals surface area contributed by atoms with Crippen molar-refractivity contribution in [2.75, 3.05) is 0 Å². The van der Waals surface area contributed by atoms with Gasteiger partial charge in [0.15, 0.2) is 0 Å². The molecule has 2 aromatic rings. The first-order chi connectivity index (χ1) is 8.95. The van der Waals surface area contributed by atoms with Crippen molar-refractivity contribution in [2.45, 2.75) is 19.3 Å². The van der Waals surface area contributed by atoms with Crippen LogP contribution in [-0.2, 0) is 26.3 Å². The zero-order valence-corrected chi connectivity index (χ0v) is 10.5. The number of aryl methyl sites for hydroxylation is 1. The number of aromatic nitrogens is 1. The highest BCUT2D eigenvalue weighted by atomic mass is 19.4. The molecule has 0 spiro atoms. The summed E-state index contributed by atoms with van der Waals surface area (Å²) in [4.78, 5) is 0. The molecule has 5 heteroatoms. The summed E-state index contributed by atoms with van der Waals surface area (Å²) in [6, 6.07) is 7.22. The van der Waals surface area contributed by atoms with E-state index in [1.165, 1.54) is 12.1 Å². The maximum absolute atomic E-state index is 12.4. The van der Waals surface area contributed by atoms with E-state index in [0.29, 0.717) is 13.1 Å². The highest BCUT2D eigenvalue weighted by Gasteiger charge is 2.29. The monoisotopic (exact) mass is 268 g/mol. The minimum Gasteiger partial charge on any atom is -0.357 e. The van der Waals surface area contributed by atoms with Crippen molar-refractivity contribution < 1.29 is 13.2 Å². The molecular formula is C14H15F3N2. The van der Waals surface area contributed by atoms with Crippen molar-refractivity contribution in [3.05, 3.63) is 59.4 Å². The molecule has 2 rings (SSSR count). The Morgan fingerprint density at radius 1 is 1.00 bits per heavy atom. The number of nitrogens with one attached hydrogen (secondary N) is 1. The largest absolute Gasteiger partial charge is 0.416 e. The fraction of sp³-hybridized carbons (Fsp3) is 0.286. The second kappa shape index (κ2) is 5.48. The minimum atomic E-state index is -4.27. The molecule has 0 fully saturated rings. The van der Waals surface area contributed by atoms with Gasteiger partial charge < -0.3 is 9.88 Å². The third kappa shape index (κ3) is 3.86. The molecule has 0 aliphatic carbocycles. The van der Waals surface area contributed by atoms with Crippen LogP contribution in [0.4, 0.5) is 13.2 Å². The van der Waals surface area contributed by atoms with Crippen molar-refractivity contribution >= 4 is 0 Å². The van der Waals surface area contributed by atoms with Crippen molar-refractivity contribution in [2.24, 2.45) is 7.05 Å². The molecule has 0 atom stereocenters. The van der Waals surface area contributed by atoms with Gasteiger partial charge in [0.25, 0.3) is 0 Å². The van der Waals surface area contributed by atoms with E-state index in [0.717, 1.165) is 23.3 Å². The molecule has 0 radical (unpaired) electrons. The van der Waals surface area contributed by atoms with Gasteiger partial charge in [0.2, 0.25) is 0 Å². The number of rotatable bonds is 4. The highest BCUT2D eigenvalue weighted by Crippen LogP contribution is 2.28. The molecule has 0 saturated heterocycles. The normalized spacial score (nSPS) is 11.8. The van der Waals surface area contributed by atoms with E-state index < -0.39 is 11.7 Å². The van der Waals surface area contributed by atoms with Gasteiger partial charge in [0.1, 0.15) is 0 Å². The predicted molar refractivity (Wildman–Crippen MR) is 67.4 cm³/mol. The number of hydrogen-bond donors (Lipinski definition) is 1. The number of halogens is 3. The summed E-state index contributed by atoms with van der Waals surface area (Å²) in [7, 11) is 1.94. The van der Waals surface area contributed by atoms with Gasteiger partial charge in [-0.05, 0) is 29.3 Å². The van der Waals surface area contributed by atoms with Crippen molar-refractivity contribution in [1.82, 2.24) is 9.88 Å². The Kier molecular flexibility index (Phi) is 3.95. The van der Waals surface area contributed by atoms with Crippen LogP contribution in [0, 0.1) is 0 Å². The van der Waals surface area contributed by atoms with Crippen LogP contribution in [0.1, 0.15) is 16.7 Å². The Hall–Kier alpha value is -1.75. The molecule has 19 heavy (non-hydrogen) atoms. The van der Waals surface area contributed by atoms with E-state index >= 15 is 0 Å². The van der Waals surface area contributed by atoms with E-state index in [-0.39, 0.29) is 0 Å². The summed E-state index contributed by atoms with van der Waals surface area (Å²) in [5.41, 5.74) is 1.37. The number of benzene rings is 1. The van der Waals surface area contributed by atoms with E-state index in [1.807, 2.05) is 30.1 Å². The first-order valence-corrected chi connectivity index (χ1v) is 5.93. The van der Waals surface area contributed by atoms with Crippen LogP contribution in [0.2, 0.25) is 0 Å². The summed E-state index contributed by atoms with van der Waals surface area (Å²) < 4.78 is 39.1. The number of nitrogens with zero attached hydrogens (tertiary/aromatic N) is 1. The van der Waals surface area contributed by atoms with E-state index in [2.05, 4.69) is 5.32 Å². The first kappa shape index (κ1) is 13.7. The molecule has 1 aromatic heterocycles. The Labute approximate surface area is 109 Å². The van der Waals surface area contributed by atoms with Crippen LogP contribution in [0.25, 0.3) is 0 Å². The second-order valence-electron chi connectivity index (χ2n) is 4.48. The van der Waals surface area contributed by atoms with Gasteiger partial charge in [-0.1, -0.05) is 12.1 Å². The van der Waals surface area contributed by atoms with E-state index in [4.69, 9.17) is 0 Å². The fourth-order valence-electron chi connectivity index (χ4n) is 1.83. The quantitative estimate of drug-likeness (QED) is 0.900. The molecule has 0 amide bonds. The third-order valence-electron chi connectivity index (χ3n) is 2.83. The van der Waals surface area contributed by atoms with Gasteiger partial charge in [-0.25, -0.2) is 0 Å². The minimum absolute atomic E-state index is 0.549. The first-order valence-electron chi connectivity index (χ1n) is 5.93. The molecule has 0 saturated carbocycles. The van der Waals surface area contributed by atoms with Crippen molar-refractivity contribution in [3.8, 4) is 0 Å². The average Bonchev–Trinajstić information content (AvgIpc) is 2.75. The predicted octanol–water partition coefficient (Wildman–Crippen LogP) is 3.33. The highest BCUT2D eigenvalue weighted by molar-refractivity contribution is 5.24. The molecule has 1 aromatic carbocycles. The van der Waals surface area contributed by atoms with Crippen LogP contribution < -0.4 is 5.32 Å². The molecular weight excluding hydrogens is 253 g/mol. The average molecular weight is 268 g/mol. The summed E-state index contributed by atoms with van der Waals surface area (Å²) in [6.45, 7) is 1.24. The zero-order valence-electron chi connectivity index (χ0n) is 10.5. The Bertz CT molecular complexity index is 526. The van der Waals surface area contributed by atoms with Crippen LogP contribution in [0.5, 0.6) is 0 Å². The molecule has 0 bridgehead atoms. The SMILES string of the molecule is Cn1ccc(CNCc2ccc(C(F)(F)F)cc2)c1. The molecule has 1 N–H and O–H groups in total. The van der Waals surface area contributed by atoms with E-state index in [1.54, 1.807) is 0 Å². The summed E-state index contributed by atoms with van der Waals surface area (Å²) >= 11 is 0. The Morgan fingerprint density at radius 2 is 1.63 bits per heavy atom. The molecule has 0 aliphatic heterocycles. The second-order valence-corrected chi connectivity index (χ2v) is 4.48. The van der Waals surface area contributed by atoms with Gasteiger partial charge >= 0.3 is 6.18 Å². The molecule has 102 valence electrons. The molecule has 0 aliphatic rings. The van der Waals surface area contributed by atoms with Crippen LogP contribution in [0.15, 0.2) is 42.7 Å². The fourth-order valence-corrected chi connectivity index (χ4v) is 1.83. The standard InChI is InChI=1S/C14H15F3N2/c1-19-7-6-12(10-19)9-18-8-11-2-4-13(5-3-11)14(15,16)17/h2-7,10,18H,8-9H2,1H3. The smallest absolute Gasteiger partial charge is 0.357 e. The molecule has 1 heterocycles. The van der Waals surface area contributed by atoms with Gasteiger partial charge in [-0.3, -0.25) is 0 Å². The molecule has 2 nitrogen and oxygen atoms in total. The van der Waals surface area contributed by atoms with Crippen LogP contribution >= 0.6 is 0 Å². The lowest BCUT2D eigenvalue weighted by Gasteiger charge is -2.08. The lowest BCUT2D eigenvalue weighted by Crippen LogP contribution is -2.12.